The fourth-order valence-electron chi connectivity index (χ4n) is 0.609. The van der Waals surface area contributed by atoms with Crippen LogP contribution in [0.25, 0.3) is 0 Å². The van der Waals surface area contributed by atoms with Gasteiger partial charge in [-0.1, -0.05) is 95.6 Å². The van der Waals surface area contributed by atoms with E-state index in [1.54, 1.807) is 6.20 Å². The summed E-state index contributed by atoms with van der Waals surface area (Å²) in [6, 6.07) is 0. The molecule has 1 aromatic rings. The summed E-state index contributed by atoms with van der Waals surface area (Å²) in [6.07, 6.45) is 1.71. The third-order valence-corrected chi connectivity index (χ3v) is 3.56. The number of aromatic nitrogens is 2. The Bertz CT molecular complexity index is 266. The fraction of sp³-hybridized carbons (Fsp3) is 0.400. The quantitative estimate of drug-likeness (QED) is 0.438. The highest BCUT2D eigenvalue weighted by atomic mass is 80.0. The molecule has 1 aromatic heterocycles. The van der Waals surface area contributed by atoms with E-state index in [2.05, 4.69) is 106 Å². The van der Waals surface area contributed by atoms with Crippen LogP contribution >= 0.6 is 95.6 Å². The van der Waals surface area contributed by atoms with Crippen molar-refractivity contribution >= 4 is 95.6 Å². The van der Waals surface area contributed by atoms with Crippen molar-refractivity contribution in [3.63, 3.8) is 0 Å². The summed E-state index contributed by atoms with van der Waals surface area (Å²) in [5.41, 5.74) is 0.866. The zero-order chi connectivity index (χ0) is 10.3. The van der Waals surface area contributed by atoms with Gasteiger partial charge in [-0.2, -0.15) is 0 Å². The molecule has 0 saturated carbocycles. The minimum atomic E-state index is -0.510. The highest BCUT2D eigenvalue weighted by Crippen LogP contribution is 2.46. The van der Waals surface area contributed by atoms with E-state index < -0.39 is 4.29 Å². The molecular formula is C5H2Br6N2. The lowest BCUT2D eigenvalue weighted by atomic mass is 10.6. The maximum Gasteiger partial charge on any atom is 0.192 e. The second kappa shape index (κ2) is 4.53. The van der Waals surface area contributed by atoms with Crippen LogP contribution in [-0.2, 0) is 4.29 Å². The van der Waals surface area contributed by atoms with Crippen LogP contribution in [0.1, 0.15) is 11.5 Å². The molecule has 0 spiro atoms. The number of nitrogens with zero attached hydrogens (tertiary/aromatic N) is 1. The van der Waals surface area contributed by atoms with E-state index in [1.165, 1.54) is 0 Å². The summed E-state index contributed by atoms with van der Waals surface area (Å²) in [5, 5.41) is 0. The Hall–Kier alpha value is 2.09. The van der Waals surface area contributed by atoms with Crippen LogP contribution in [0.2, 0.25) is 0 Å². The van der Waals surface area contributed by atoms with Gasteiger partial charge in [0.2, 0.25) is 0 Å². The monoisotopic (exact) mass is 564 g/mol. The summed E-state index contributed by atoms with van der Waals surface area (Å²) in [5.74, 6) is 0.727. The van der Waals surface area contributed by atoms with Crippen molar-refractivity contribution in [2.75, 3.05) is 0 Å². The van der Waals surface area contributed by atoms with Gasteiger partial charge in [-0.15, -0.1) is 0 Å². The normalized spacial score (nSPS) is 13.4. The van der Waals surface area contributed by atoms with Crippen molar-refractivity contribution in [2.45, 2.75) is 4.29 Å². The largest absolute Gasteiger partial charge is 0.341 e. The van der Waals surface area contributed by atoms with E-state index in [0.717, 1.165) is 11.5 Å². The van der Waals surface area contributed by atoms with Gasteiger partial charge in [0.05, 0.1) is 11.9 Å². The van der Waals surface area contributed by atoms with E-state index in [9.17, 15) is 0 Å². The van der Waals surface area contributed by atoms with Gasteiger partial charge in [-0.25, -0.2) is 4.98 Å². The molecule has 0 aliphatic carbocycles. The maximum absolute atomic E-state index is 4.17. The predicted molar refractivity (Wildman–Crippen MR) is 75.5 cm³/mol. The molecule has 0 saturated heterocycles. The van der Waals surface area contributed by atoms with E-state index >= 15 is 0 Å². The van der Waals surface area contributed by atoms with Gasteiger partial charge in [0.25, 0.3) is 0 Å². The molecule has 0 radical (unpaired) electrons. The lowest BCUT2D eigenvalue weighted by molar-refractivity contribution is 1.07. The second-order valence-electron chi connectivity index (χ2n) is 2.14. The molecule has 0 unspecified atom stereocenters. The number of hydrogen-bond donors (Lipinski definition) is 1. The molecule has 0 aromatic carbocycles. The van der Waals surface area contributed by atoms with Crippen molar-refractivity contribution < 1.29 is 0 Å². The Morgan fingerprint density at radius 2 is 1.54 bits per heavy atom. The van der Waals surface area contributed by atoms with Gasteiger partial charge in [0, 0.05) is 0 Å². The third-order valence-electron chi connectivity index (χ3n) is 1.15. The van der Waals surface area contributed by atoms with E-state index in [0.29, 0.717) is 0 Å². The Kier molecular flexibility index (Phi) is 4.58. The van der Waals surface area contributed by atoms with Gasteiger partial charge < -0.3 is 4.98 Å². The number of aromatic amines is 1. The van der Waals surface area contributed by atoms with Crippen LogP contribution in [0, 0.1) is 0 Å². The molecule has 0 fully saturated rings. The molecular weight excluding hydrogens is 567 g/mol. The van der Waals surface area contributed by atoms with Crippen LogP contribution in [0.3, 0.4) is 0 Å². The van der Waals surface area contributed by atoms with Gasteiger partial charge >= 0.3 is 0 Å². The molecule has 74 valence electrons. The molecule has 0 amide bonds. The predicted octanol–water partition coefficient (Wildman–Crippen LogP) is 5.00. The molecule has 1 rings (SSSR count). The Labute approximate surface area is 126 Å². The first-order valence-electron chi connectivity index (χ1n) is 2.90. The topological polar surface area (TPSA) is 28.7 Å². The SMILES string of the molecule is BrC(Br)(Br)c1cnc(C(Br)(Br)Br)[nH]1. The van der Waals surface area contributed by atoms with Crippen molar-refractivity contribution in [2.24, 2.45) is 0 Å². The highest BCUT2D eigenvalue weighted by molar-refractivity contribution is 9.39. The first kappa shape index (κ1) is 13.2. The molecule has 2 nitrogen and oxygen atoms in total. The molecule has 1 heterocycles. The zero-order valence-electron chi connectivity index (χ0n) is 5.79. The number of halogens is 6. The summed E-state index contributed by atoms with van der Waals surface area (Å²) in [4.78, 5) is 7.27. The van der Waals surface area contributed by atoms with Gasteiger partial charge in [-0.3, -0.25) is 0 Å². The standard InChI is InChI=1S/C5H2Br6N2/c6-4(7,8)2-1-12-3(13-2)5(9,10)11/h1H,(H,12,13). The number of hydrogen-bond acceptors (Lipinski definition) is 1. The Morgan fingerprint density at radius 3 is 1.77 bits per heavy atom. The molecule has 13 heavy (non-hydrogen) atoms. The molecule has 0 aliphatic rings. The van der Waals surface area contributed by atoms with Crippen LogP contribution < -0.4 is 0 Å². The Morgan fingerprint density at radius 1 is 1.00 bits per heavy atom. The number of imidazole rings is 1. The van der Waals surface area contributed by atoms with Crippen LogP contribution in [0.5, 0.6) is 0 Å². The van der Waals surface area contributed by atoms with Crippen molar-refractivity contribution in [3.8, 4) is 0 Å². The van der Waals surface area contributed by atoms with Crippen molar-refractivity contribution in [3.05, 3.63) is 17.7 Å². The van der Waals surface area contributed by atoms with Gasteiger partial charge in [-0.05, 0) is 0 Å². The number of nitrogens with one attached hydrogen (secondary N) is 1. The third kappa shape index (κ3) is 3.86. The van der Waals surface area contributed by atoms with E-state index in [1.807, 2.05) is 0 Å². The summed E-state index contributed by atoms with van der Waals surface area (Å²) in [7, 11) is 0. The fourth-order valence-corrected chi connectivity index (χ4v) is 1.82. The number of H-pyrrole nitrogens is 1. The molecule has 1 N–H and O–H groups in total. The number of rotatable bonds is 0. The van der Waals surface area contributed by atoms with E-state index in [4.69, 9.17) is 0 Å². The second-order valence-corrected chi connectivity index (χ2v) is 15.7. The lowest BCUT2D eigenvalue weighted by Gasteiger charge is -2.10. The van der Waals surface area contributed by atoms with Crippen LogP contribution in [-0.4, -0.2) is 9.97 Å². The van der Waals surface area contributed by atoms with Crippen LogP contribution in [0.4, 0.5) is 0 Å². The van der Waals surface area contributed by atoms with Gasteiger partial charge in [0.15, 0.2) is 4.29 Å². The average Bonchev–Trinajstić information content (AvgIpc) is 2.28. The molecule has 0 aliphatic heterocycles. The minimum Gasteiger partial charge on any atom is -0.341 e. The smallest absolute Gasteiger partial charge is 0.192 e. The number of alkyl halides is 6. The maximum atomic E-state index is 4.17. The highest BCUT2D eigenvalue weighted by Gasteiger charge is 2.29. The lowest BCUT2D eigenvalue weighted by Crippen LogP contribution is -2.03. The summed E-state index contributed by atoms with van der Waals surface area (Å²) >= 11 is 20.2. The molecule has 0 atom stereocenters. The Balaban J connectivity index is 3.01. The van der Waals surface area contributed by atoms with Gasteiger partial charge in [0.1, 0.15) is 5.82 Å². The minimum absolute atomic E-state index is 0.462. The zero-order valence-corrected chi connectivity index (χ0v) is 15.3. The summed E-state index contributed by atoms with van der Waals surface area (Å²) in [6.45, 7) is 0. The summed E-state index contributed by atoms with van der Waals surface area (Å²) < 4.78 is -0.972. The van der Waals surface area contributed by atoms with E-state index in [-0.39, 0.29) is 0 Å². The first-order valence-corrected chi connectivity index (χ1v) is 7.66. The molecule has 0 bridgehead atoms. The first-order chi connectivity index (χ1) is 5.71. The van der Waals surface area contributed by atoms with Crippen molar-refractivity contribution in [1.82, 2.24) is 9.97 Å². The van der Waals surface area contributed by atoms with Crippen LogP contribution in [0.15, 0.2) is 6.20 Å². The van der Waals surface area contributed by atoms with Crippen molar-refractivity contribution in [1.29, 1.82) is 0 Å². The average molecular weight is 570 g/mol. The molecule has 8 heteroatoms.